The average Bonchev–Trinajstić information content (AvgIpc) is 2.94. The molecule has 0 fully saturated rings. The van der Waals surface area contributed by atoms with Crippen molar-refractivity contribution in [3.05, 3.63) is 83.7 Å². The molecule has 220 valence electrons. The molecule has 41 heavy (non-hydrogen) atoms. The van der Waals surface area contributed by atoms with E-state index in [0.29, 0.717) is 5.75 Å². The van der Waals surface area contributed by atoms with Crippen LogP contribution in [0, 0.1) is 12.7 Å². The lowest BCUT2D eigenvalue weighted by Gasteiger charge is -2.32. The average molecular weight is 586 g/mol. The SMILES string of the molecule is COc1ccc(S(=O)(=O)N(CC(=O)N(Cc2ccccc2C)C(C)C(=O)NC(C)C)c2ccc(F)cc2)cc1OC. The molecule has 0 heterocycles. The van der Waals surface area contributed by atoms with Gasteiger partial charge in [0.1, 0.15) is 18.4 Å². The number of anilines is 1. The van der Waals surface area contributed by atoms with Gasteiger partial charge in [-0.05, 0) is 75.2 Å². The minimum Gasteiger partial charge on any atom is -0.493 e. The van der Waals surface area contributed by atoms with Crippen LogP contribution >= 0.6 is 0 Å². The number of ether oxygens (including phenoxy) is 2. The molecule has 0 radical (unpaired) electrons. The largest absolute Gasteiger partial charge is 0.493 e. The first kappa shape index (κ1) is 31.4. The zero-order valence-corrected chi connectivity index (χ0v) is 24.9. The predicted octanol–water partition coefficient (Wildman–Crippen LogP) is 4.29. The van der Waals surface area contributed by atoms with Crippen molar-refractivity contribution >= 4 is 27.5 Å². The molecule has 11 heteroatoms. The molecule has 1 N–H and O–H groups in total. The molecule has 0 saturated heterocycles. The van der Waals surface area contributed by atoms with Gasteiger partial charge in [-0.3, -0.25) is 13.9 Å². The Morgan fingerprint density at radius 2 is 1.56 bits per heavy atom. The van der Waals surface area contributed by atoms with Crippen molar-refractivity contribution in [2.24, 2.45) is 0 Å². The fraction of sp³-hybridized carbons (Fsp3) is 0.333. The quantitative estimate of drug-likeness (QED) is 0.340. The van der Waals surface area contributed by atoms with Crippen molar-refractivity contribution in [1.82, 2.24) is 10.2 Å². The summed E-state index contributed by atoms with van der Waals surface area (Å²) in [5.41, 5.74) is 1.79. The van der Waals surface area contributed by atoms with E-state index in [1.165, 1.54) is 49.5 Å². The van der Waals surface area contributed by atoms with E-state index in [9.17, 15) is 22.4 Å². The molecule has 0 aliphatic carbocycles. The summed E-state index contributed by atoms with van der Waals surface area (Å²) in [7, 11) is -1.57. The molecule has 3 rings (SSSR count). The minimum absolute atomic E-state index is 0.0738. The summed E-state index contributed by atoms with van der Waals surface area (Å²) in [4.78, 5) is 28.2. The van der Waals surface area contributed by atoms with E-state index in [-0.39, 0.29) is 34.8 Å². The van der Waals surface area contributed by atoms with Crippen LogP contribution in [0.5, 0.6) is 11.5 Å². The molecule has 3 aromatic rings. The van der Waals surface area contributed by atoms with Crippen LogP contribution in [0.3, 0.4) is 0 Å². The molecular weight excluding hydrogens is 549 g/mol. The number of carbonyl (C=O) groups excluding carboxylic acids is 2. The Morgan fingerprint density at radius 3 is 2.15 bits per heavy atom. The highest BCUT2D eigenvalue weighted by Crippen LogP contribution is 2.32. The first-order valence-corrected chi connectivity index (χ1v) is 14.5. The van der Waals surface area contributed by atoms with E-state index in [1.807, 2.05) is 45.0 Å². The van der Waals surface area contributed by atoms with Crippen LogP contribution in [-0.4, -0.2) is 58.0 Å². The number of hydrogen-bond donors (Lipinski definition) is 1. The van der Waals surface area contributed by atoms with Gasteiger partial charge in [0.05, 0.1) is 24.8 Å². The van der Waals surface area contributed by atoms with Crippen molar-refractivity contribution in [3.63, 3.8) is 0 Å². The number of benzene rings is 3. The molecule has 0 saturated carbocycles. The number of rotatable bonds is 12. The van der Waals surface area contributed by atoms with Crippen molar-refractivity contribution in [3.8, 4) is 11.5 Å². The fourth-order valence-electron chi connectivity index (χ4n) is 4.20. The zero-order valence-electron chi connectivity index (χ0n) is 24.0. The van der Waals surface area contributed by atoms with Gasteiger partial charge in [-0.15, -0.1) is 0 Å². The summed E-state index contributed by atoms with van der Waals surface area (Å²) in [6, 6.07) is 15.2. The van der Waals surface area contributed by atoms with Gasteiger partial charge in [-0.1, -0.05) is 24.3 Å². The summed E-state index contributed by atoms with van der Waals surface area (Å²) < 4.78 is 53.2. The standard InChI is InChI=1S/C30H36FN3O6S/c1-20(2)32-30(36)22(4)33(18-23-10-8-7-9-21(23)3)29(35)19-34(25-13-11-24(31)12-14-25)41(37,38)26-15-16-27(39-5)28(17-26)40-6/h7-17,20,22H,18-19H2,1-6H3,(H,32,36). The molecular formula is C30H36FN3O6S. The van der Waals surface area contributed by atoms with Crippen LogP contribution in [0.25, 0.3) is 0 Å². The van der Waals surface area contributed by atoms with Gasteiger partial charge in [-0.25, -0.2) is 12.8 Å². The predicted molar refractivity (Wildman–Crippen MR) is 155 cm³/mol. The van der Waals surface area contributed by atoms with Gasteiger partial charge >= 0.3 is 0 Å². The second-order valence-electron chi connectivity index (χ2n) is 9.79. The van der Waals surface area contributed by atoms with E-state index >= 15 is 0 Å². The minimum atomic E-state index is -4.37. The van der Waals surface area contributed by atoms with Crippen LogP contribution in [-0.2, 0) is 26.2 Å². The van der Waals surface area contributed by atoms with Crippen LogP contribution in [0.4, 0.5) is 10.1 Å². The summed E-state index contributed by atoms with van der Waals surface area (Å²) in [6.07, 6.45) is 0. The summed E-state index contributed by atoms with van der Waals surface area (Å²) in [5.74, 6) is -1.06. The van der Waals surface area contributed by atoms with E-state index < -0.39 is 34.3 Å². The van der Waals surface area contributed by atoms with E-state index in [4.69, 9.17) is 9.47 Å². The maximum Gasteiger partial charge on any atom is 0.264 e. The second-order valence-corrected chi connectivity index (χ2v) is 11.7. The van der Waals surface area contributed by atoms with Crippen LogP contribution in [0.1, 0.15) is 31.9 Å². The monoisotopic (exact) mass is 585 g/mol. The summed E-state index contributed by atoms with van der Waals surface area (Å²) in [6.45, 7) is 6.54. The molecule has 9 nitrogen and oxygen atoms in total. The smallest absolute Gasteiger partial charge is 0.264 e. The maximum absolute atomic E-state index is 14.0. The lowest BCUT2D eigenvalue weighted by Crippen LogP contribution is -2.52. The number of methoxy groups -OCH3 is 2. The second kappa shape index (κ2) is 13.5. The molecule has 0 spiro atoms. The number of nitrogens with one attached hydrogen (secondary N) is 1. The van der Waals surface area contributed by atoms with Gasteiger partial charge in [0.25, 0.3) is 10.0 Å². The molecule has 0 bridgehead atoms. The third kappa shape index (κ3) is 7.55. The lowest BCUT2D eigenvalue weighted by atomic mass is 10.1. The molecule has 0 aliphatic rings. The third-order valence-corrected chi connectivity index (χ3v) is 8.31. The van der Waals surface area contributed by atoms with Gasteiger partial charge in [0.15, 0.2) is 11.5 Å². The molecule has 0 aromatic heterocycles. The number of halogens is 1. The Bertz CT molecular complexity index is 1480. The van der Waals surface area contributed by atoms with Crippen molar-refractivity contribution < 1.29 is 31.9 Å². The number of aryl methyl sites for hydroxylation is 1. The molecule has 0 aliphatic heterocycles. The van der Waals surface area contributed by atoms with Gasteiger partial charge in [-0.2, -0.15) is 0 Å². The normalized spacial score (nSPS) is 12.0. The highest BCUT2D eigenvalue weighted by Gasteiger charge is 2.33. The van der Waals surface area contributed by atoms with E-state index in [0.717, 1.165) is 27.6 Å². The van der Waals surface area contributed by atoms with Gasteiger partial charge in [0, 0.05) is 18.7 Å². The van der Waals surface area contributed by atoms with Crippen LogP contribution in [0.15, 0.2) is 71.6 Å². The number of amides is 2. The van der Waals surface area contributed by atoms with Gasteiger partial charge in [0.2, 0.25) is 11.8 Å². The molecule has 3 aromatic carbocycles. The molecule has 1 unspecified atom stereocenters. The first-order chi connectivity index (χ1) is 19.4. The summed E-state index contributed by atoms with van der Waals surface area (Å²) in [5, 5.41) is 2.82. The van der Waals surface area contributed by atoms with E-state index in [2.05, 4.69) is 5.32 Å². The van der Waals surface area contributed by atoms with Crippen LogP contribution in [0.2, 0.25) is 0 Å². The highest BCUT2D eigenvalue weighted by molar-refractivity contribution is 7.92. The van der Waals surface area contributed by atoms with Crippen LogP contribution < -0.4 is 19.1 Å². The number of carbonyl (C=O) groups is 2. The van der Waals surface area contributed by atoms with Crippen molar-refractivity contribution in [2.45, 2.75) is 51.2 Å². The third-order valence-electron chi connectivity index (χ3n) is 6.54. The Hall–Kier alpha value is -4.12. The first-order valence-electron chi connectivity index (χ1n) is 13.0. The Balaban J connectivity index is 2.08. The van der Waals surface area contributed by atoms with Gasteiger partial charge < -0.3 is 19.7 Å². The topological polar surface area (TPSA) is 105 Å². The maximum atomic E-state index is 14.0. The Morgan fingerprint density at radius 1 is 0.927 bits per heavy atom. The zero-order chi connectivity index (χ0) is 30.3. The fourth-order valence-corrected chi connectivity index (χ4v) is 5.63. The number of sulfonamides is 1. The Labute approximate surface area is 240 Å². The molecule has 1 atom stereocenters. The highest BCUT2D eigenvalue weighted by atomic mass is 32.2. The number of nitrogens with zero attached hydrogens (tertiary/aromatic N) is 2. The number of hydrogen-bond acceptors (Lipinski definition) is 6. The van der Waals surface area contributed by atoms with Crippen molar-refractivity contribution in [1.29, 1.82) is 0 Å². The lowest BCUT2D eigenvalue weighted by molar-refractivity contribution is -0.139. The van der Waals surface area contributed by atoms with Crippen molar-refractivity contribution in [2.75, 3.05) is 25.1 Å². The molecule has 2 amide bonds. The Kier molecular flexibility index (Phi) is 10.3. The summed E-state index contributed by atoms with van der Waals surface area (Å²) >= 11 is 0. The van der Waals surface area contributed by atoms with E-state index in [1.54, 1.807) is 6.92 Å².